The van der Waals surface area contributed by atoms with Crippen molar-refractivity contribution in [3.05, 3.63) is 19.5 Å². The maximum atomic E-state index is 4.47. The van der Waals surface area contributed by atoms with Crippen molar-refractivity contribution in [2.75, 3.05) is 0 Å². The highest BCUT2D eigenvalue weighted by Crippen LogP contribution is 2.22. The molecule has 0 aliphatic rings. The standard InChI is InChI=1S/C9H9I2N3/c1-5(2)14-9-7(8(11)13-14)3-6(10)4-12-9/h3-5H,1-2H3. The van der Waals surface area contributed by atoms with E-state index < -0.39 is 0 Å². The van der Waals surface area contributed by atoms with Gasteiger partial charge in [0.2, 0.25) is 0 Å². The summed E-state index contributed by atoms with van der Waals surface area (Å²) in [4.78, 5) is 4.41. The third-order valence-electron chi connectivity index (χ3n) is 1.96. The van der Waals surface area contributed by atoms with E-state index in [0.717, 1.165) is 18.3 Å². The molecule has 2 rings (SSSR count). The molecule has 0 N–H and O–H groups in total. The fourth-order valence-corrected chi connectivity index (χ4v) is 2.40. The first kappa shape index (κ1) is 10.6. The third-order valence-corrected chi connectivity index (χ3v) is 3.34. The van der Waals surface area contributed by atoms with Gasteiger partial charge >= 0.3 is 0 Å². The van der Waals surface area contributed by atoms with E-state index in [9.17, 15) is 0 Å². The number of aromatic nitrogens is 3. The lowest BCUT2D eigenvalue weighted by Crippen LogP contribution is -2.03. The second-order valence-electron chi connectivity index (χ2n) is 3.35. The predicted octanol–water partition coefficient (Wildman–Crippen LogP) is 3.22. The van der Waals surface area contributed by atoms with Crippen LogP contribution in [0.2, 0.25) is 0 Å². The van der Waals surface area contributed by atoms with Crippen molar-refractivity contribution in [1.82, 2.24) is 14.8 Å². The van der Waals surface area contributed by atoms with Crippen molar-refractivity contribution < 1.29 is 0 Å². The monoisotopic (exact) mass is 413 g/mol. The minimum Gasteiger partial charge on any atom is -0.244 e. The lowest BCUT2D eigenvalue weighted by molar-refractivity contribution is 0.543. The molecule has 0 atom stereocenters. The highest BCUT2D eigenvalue weighted by atomic mass is 127. The summed E-state index contributed by atoms with van der Waals surface area (Å²) in [7, 11) is 0. The molecule has 14 heavy (non-hydrogen) atoms. The zero-order valence-corrected chi connectivity index (χ0v) is 12.1. The third kappa shape index (κ3) is 1.75. The Morgan fingerprint density at radius 1 is 1.36 bits per heavy atom. The molecule has 0 saturated carbocycles. The van der Waals surface area contributed by atoms with Gasteiger partial charge in [0.1, 0.15) is 3.70 Å². The Kier molecular flexibility index (Phi) is 2.96. The Morgan fingerprint density at radius 2 is 2.07 bits per heavy atom. The molecule has 0 aromatic carbocycles. The number of halogens is 2. The van der Waals surface area contributed by atoms with Gasteiger partial charge < -0.3 is 0 Å². The van der Waals surface area contributed by atoms with Gasteiger partial charge in [0, 0.05) is 15.8 Å². The first-order valence-corrected chi connectivity index (χ1v) is 6.44. The Hall–Kier alpha value is 0.0800. The van der Waals surface area contributed by atoms with Gasteiger partial charge in [-0.3, -0.25) is 0 Å². The van der Waals surface area contributed by atoms with Crippen LogP contribution in [0.15, 0.2) is 12.3 Å². The zero-order valence-electron chi connectivity index (χ0n) is 7.83. The minimum atomic E-state index is 0.355. The Morgan fingerprint density at radius 3 is 2.71 bits per heavy atom. The topological polar surface area (TPSA) is 30.7 Å². The fourth-order valence-electron chi connectivity index (χ4n) is 1.32. The molecule has 0 radical (unpaired) electrons. The average molecular weight is 413 g/mol. The van der Waals surface area contributed by atoms with Crippen molar-refractivity contribution in [3.63, 3.8) is 0 Å². The van der Waals surface area contributed by atoms with Crippen LogP contribution in [-0.4, -0.2) is 14.8 Å². The second-order valence-corrected chi connectivity index (χ2v) is 5.62. The summed E-state index contributed by atoms with van der Waals surface area (Å²) in [6.45, 7) is 4.23. The molecule has 0 bridgehead atoms. The van der Waals surface area contributed by atoms with Gasteiger partial charge in [0.05, 0.1) is 5.39 Å². The van der Waals surface area contributed by atoms with Crippen LogP contribution in [0.1, 0.15) is 19.9 Å². The number of hydrogen-bond acceptors (Lipinski definition) is 2. The second kappa shape index (κ2) is 3.92. The summed E-state index contributed by atoms with van der Waals surface area (Å²) < 4.78 is 4.14. The number of nitrogens with zero attached hydrogens (tertiary/aromatic N) is 3. The van der Waals surface area contributed by atoms with Crippen molar-refractivity contribution in [2.45, 2.75) is 19.9 Å². The number of fused-ring (bicyclic) bond motifs is 1. The molecular formula is C9H9I2N3. The fraction of sp³-hybridized carbons (Fsp3) is 0.333. The Balaban J connectivity index is 2.77. The van der Waals surface area contributed by atoms with E-state index in [4.69, 9.17) is 0 Å². The SMILES string of the molecule is CC(C)n1nc(I)c2cc(I)cnc21. The van der Waals surface area contributed by atoms with Crippen LogP contribution in [0.4, 0.5) is 0 Å². The zero-order chi connectivity index (χ0) is 10.3. The Labute approximate surface area is 110 Å². The van der Waals surface area contributed by atoms with Crippen LogP contribution in [-0.2, 0) is 0 Å². The molecule has 0 fully saturated rings. The summed E-state index contributed by atoms with van der Waals surface area (Å²) in [5.74, 6) is 0. The average Bonchev–Trinajstić information content (AvgIpc) is 2.44. The maximum Gasteiger partial charge on any atom is 0.159 e. The maximum absolute atomic E-state index is 4.47. The van der Waals surface area contributed by atoms with E-state index >= 15 is 0 Å². The first-order chi connectivity index (χ1) is 6.59. The number of pyridine rings is 1. The molecule has 0 saturated heterocycles. The molecule has 2 aromatic heterocycles. The molecule has 2 aromatic rings. The molecule has 0 aliphatic heterocycles. The van der Waals surface area contributed by atoms with Gasteiger partial charge in [-0.1, -0.05) is 0 Å². The van der Waals surface area contributed by atoms with E-state index in [2.05, 4.69) is 75.2 Å². The molecule has 5 heteroatoms. The van der Waals surface area contributed by atoms with Crippen LogP contribution in [0.5, 0.6) is 0 Å². The summed E-state index contributed by atoms with van der Waals surface area (Å²) in [6.07, 6.45) is 1.87. The first-order valence-electron chi connectivity index (χ1n) is 4.29. The summed E-state index contributed by atoms with van der Waals surface area (Å²) in [5.41, 5.74) is 0.977. The van der Waals surface area contributed by atoms with Crippen LogP contribution >= 0.6 is 45.2 Å². The summed E-state index contributed by atoms with van der Waals surface area (Å²) >= 11 is 4.52. The van der Waals surface area contributed by atoms with Gasteiger partial charge in [0.25, 0.3) is 0 Å². The highest BCUT2D eigenvalue weighted by Gasteiger charge is 2.11. The van der Waals surface area contributed by atoms with Crippen molar-refractivity contribution in [3.8, 4) is 0 Å². The molecule has 3 nitrogen and oxygen atoms in total. The van der Waals surface area contributed by atoms with Crippen molar-refractivity contribution in [1.29, 1.82) is 0 Å². The van der Waals surface area contributed by atoms with Crippen LogP contribution in [0, 0.1) is 7.27 Å². The molecule has 2 heterocycles. The van der Waals surface area contributed by atoms with Gasteiger partial charge in [-0.05, 0) is 65.1 Å². The number of rotatable bonds is 1. The van der Waals surface area contributed by atoms with Gasteiger partial charge in [-0.2, -0.15) is 5.10 Å². The molecular weight excluding hydrogens is 404 g/mol. The van der Waals surface area contributed by atoms with Gasteiger partial charge in [0.15, 0.2) is 5.65 Å². The predicted molar refractivity (Wildman–Crippen MR) is 73.3 cm³/mol. The summed E-state index contributed by atoms with van der Waals surface area (Å²) in [6, 6.07) is 2.48. The lowest BCUT2D eigenvalue weighted by atomic mass is 10.3. The quantitative estimate of drug-likeness (QED) is 0.673. The minimum absolute atomic E-state index is 0.355. The van der Waals surface area contributed by atoms with E-state index in [-0.39, 0.29) is 0 Å². The summed E-state index contributed by atoms with van der Waals surface area (Å²) in [5, 5.41) is 5.61. The van der Waals surface area contributed by atoms with Crippen LogP contribution in [0.3, 0.4) is 0 Å². The Bertz CT molecular complexity index is 476. The van der Waals surface area contributed by atoms with Gasteiger partial charge in [-0.15, -0.1) is 0 Å². The van der Waals surface area contributed by atoms with E-state index in [0.29, 0.717) is 6.04 Å². The highest BCUT2D eigenvalue weighted by molar-refractivity contribution is 14.1. The molecule has 0 spiro atoms. The van der Waals surface area contributed by atoms with Crippen molar-refractivity contribution >= 4 is 56.2 Å². The normalized spacial score (nSPS) is 11.5. The van der Waals surface area contributed by atoms with Crippen molar-refractivity contribution in [2.24, 2.45) is 0 Å². The van der Waals surface area contributed by atoms with Crippen LogP contribution < -0.4 is 0 Å². The lowest BCUT2D eigenvalue weighted by Gasteiger charge is -2.05. The number of hydrogen-bond donors (Lipinski definition) is 0. The smallest absolute Gasteiger partial charge is 0.159 e. The molecule has 0 aliphatic carbocycles. The largest absolute Gasteiger partial charge is 0.244 e. The molecule has 0 amide bonds. The van der Waals surface area contributed by atoms with Gasteiger partial charge in [-0.25, -0.2) is 9.67 Å². The van der Waals surface area contributed by atoms with E-state index in [1.807, 2.05) is 10.9 Å². The molecule has 74 valence electrons. The van der Waals surface area contributed by atoms with Crippen LogP contribution in [0.25, 0.3) is 11.0 Å². The van der Waals surface area contributed by atoms with E-state index in [1.54, 1.807) is 0 Å². The molecule has 0 unspecified atom stereocenters. The van der Waals surface area contributed by atoms with E-state index in [1.165, 1.54) is 0 Å².